The van der Waals surface area contributed by atoms with Crippen LogP contribution in [0, 0.1) is 11.3 Å². The van der Waals surface area contributed by atoms with E-state index in [1.54, 1.807) is 10.7 Å². The van der Waals surface area contributed by atoms with Crippen molar-refractivity contribution in [3.8, 4) is 6.07 Å². The van der Waals surface area contributed by atoms with Crippen LogP contribution in [-0.2, 0) is 20.9 Å². The molecule has 0 bridgehead atoms. The second-order valence-electron chi connectivity index (χ2n) is 7.38. The smallest absolute Gasteiger partial charge is 0.345 e. The fraction of sp³-hybridized carbons (Fsp3) is 0.524. The second kappa shape index (κ2) is 13.0. The van der Waals surface area contributed by atoms with Crippen molar-refractivity contribution in [2.75, 3.05) is 18.0 Å². The zero-order chi connectivity index (χ0) is 25.1. The highest BCUT2D eigenvalue weighted by atomic mass is 32.2. The molecule has 9 nitrogen and oxygen atoms in total. The number of aryl methyl sites for hydroxylation is 1. The highest BCUT2D eigenvalue weighted by Gasteiger charge is 2.26. The Morgan fingerprint density at radius 2 is 1.88 bits per heavy atom. The molecule has 0 saturated heterocycles. The molecule has 186 valence electrons. The maximum absolute atomic E-state index is 13.2. The van der Waals surface area contributed by atoms with Crippen LogP contribution in [0.3, 0.4) is 0 Å². The number of alkyl halides is 2. The minimum atomic E-state index is -4.96. The summed E-state index contributed by atoms with van der Waals surface area (Å²) in [5.41, 5.74) is 0.438. The van der Waals surface area contributed by atoms with Gasteiger partial charge >= 0.3 is 5.76 Å². The Morgan fingerprint density at radius 3 is 2.44 bits per heavy atom. The molecule has 1 unspecified atom stereocenters. The largest absolute Gasteiger partial charge is 0.371 e. The number of benzene rings is 1. The molecule has 0 saturated carbocycles. The maximum atomic E-state index is 13.2. The molecule has 1 aromatic heterocycles. The molecule has 1 atom stereocenters. The zero-order valence-electron chi connectivity index (χ0n) is 19.3. The van der Waals surface area contributed by atoms with Crippen LogP contribution in [0.2, 0.25) is 0 Å². The normalized spacial score (nSPS) is 13.2. The first-order valence-corrected chi connectivity index (χ1v) is 12.4. The number of azo groups is 1. The van der Waals surface area contributed by atoms with E-state index in [-0.39, 0.29) is 22.8 Å². The van der Waals surface area contributed by atoms with Crippen molar-refractivity contribution in [1.29, 1.82) is 5.26 Å². The van der Waals surface area contributed by atoms with Gasteiger partial charge in [0.1, 0.15) is 23.0 Å². The number of hydrogen-bond donors (Lipinski definition) is 0. The van der Waals surface area contributed by atoms with Gasteiger partial charge in [-0.3, -0.25) is 4.68 Å². The van der Waals surface area contributed by atoms with Crippen molar-refractivity contribution < 1.29 is 21.9 Å². The third kappa shape index (κ3) is 7.01. The van der Waals surface area contributed by atoms with Gasteiger partial charge in [-0.05, 0) is 42.0 Å². The van der Waals surface area contributed by atoms with Crippen LogP contribution in [0.5, 0.6) is 0 Å². The average Bonchev–Trinajstić information content (AvgIpc) is 3.23. The maximum Gasteiger partial charge on any atom is 0.345 e. The van der Waals surface area contributed by atoms with E-state index >= 15 is 0 Å². The quantitative estimate of drug-likeness (QED) is 0.284. The molecule has 2 aromatic rings. The Bertz CT molecular complexity index is 1130. The topological polar surface area (TPSA) is 108 Å². The predicted octanol–water partition coefficient (Wildman–Crippen LogP) is 6.73. The molecule has 13 heteroatoms. The molecule has 0 fully saturated rings. The molecule has 0 N–H and O–H groups in total. The summed E-state index contributed by atoms with van der Waals surface area (Å²) in [6.45, 7) is 7.94. The lowest BCUT2D eigenvalue weighted by Gasteiger charge is -2.24. The number of halogens is 3. The number of hydrogen-bond acceptors (Lipinski definition) is 8. The van der Waals surface area contributed by atoms with Crippen LogP contribution < -0.4 is 4.90 Å². The average molecular weight is 500 g/mol. The van der Waals surface area contributed by atoms with Gasteiger partial charge in [0.05, 0.1) is 0 Å². The van der Waals surface area contributed by atoms with Gasteiger partial charge in [0.25, 0.3) is 10.0 Å². The van der Waals surface area contributed by atoms with Gasteiger partial charge in [-0.15, -0.1) is 15.3 Å². The summed E-state index contributed by atoms with van der Waals surface area (Å²) < 4.78 is 59.4. The Hall–Kier alpha value is -2.98. The number of anilines is 1. The van der Waals surface area contributed by atoms with E-state index in [1.807, 2.05) is 31.7 Å². The van der Waals surface area contributed by atoms with E-state index < -0.39 is 15.8 Å². The molecular weight excluding hydrogens is 471 g/mol. The molecule has 1 aromatic carbocycles. The summed E-state index contributed by atoms with van der Waals surface area (Å²) in [6, 6.07) is 6.49. The van der Waals surface area contributed by atoms with Crippen LogP contribution in [-0.4, -0.2) is 32.8 Å². The van der Waals surface area contributed by atoms with E-state index in [0.29, 0.717) is 25.3 Å². The fourth-order valence-electron chi connectivity index (χ4n) is 3.09. The molecule has 0 aliphatic carbocycles. The highest BCUT2D eigenvalue weighted by Crippen LogP contribution is 2.36. The summed E-state index contributed by atoms with van der Waals surface area (Å²) in [7, 11) is -4.96. The Morgan fingerprint density at radius 1 is 1.18 bits per heavy atom. The van der Waals surface area contributed by atoms with Gasteiger partial charge in [-0.1, -0.05) is 31.6 Å². The summed E-state index contributed by atoms with van der Waals surface area (Å²) in [5.74, 6) is -3.66. The van der Waals surface area contributed by atoms with Crippen molar-refractivity contribution >= 4 is 32.9 Å². The minimum absolute atomic E-state index is 0.0311. The molecule has 2 rings (SSSR count). The molecule has 1 heterocycles. The molecule has 0 amide bonds. The molecule has 34 heavy (non-hydrogen) atoms. The molecule has 0 aliphatic heterocycles. The summed E-state index contributed by atoms with van der Waals surface area (Å²) in [5, 5.41) is 21.5. The third-order valence-electron chi connectivity index (χ3n) is 4.71. The first-order chi connectivity index (χ1) is 16.3. The second-order valence-corrected chi connectivity index (χ2v) is 9.08. The molecule has 0 spiro atoms. The standard InChI is InChI=1S/C21H28F3N7O2S/c1-4-7-12-31-15-16(14-25)20(28-31)27-26-18-9-8-17(30(10-5-2)11-6-3)13-19(18)29-34(32,33-24)21(22)23/h8-9,13,15,21H,4-7,10-12H2,1-3H3. The van der Waals surface area contributed by atoms with E-state index in [0.717, 1.165) is 25.7 Å². The van der Waals surface area contributed by atoms with Gasteiger partial charge in [-0.25, -0.2) is 4.21 Å². The van der Waals surface area contributed by atoms with Crippen LogP contribution in [0.25, 0.3) is 0 Å². The first kappa shape index (κ1) is 27.3. The Balaban J connectivity index is 2.57. The predicted molar refractivity (Wildman–Crippen MR) is 124 cm³/mol. The van der Waals surface area contributed by atoms with E-state index in [4.69, 9.17) is 0 Å². The van der Waals surface area contributed by atoms with Crippen molar-refractivity contribution in [3.63, 3.8) is 0 Å². The lowest BCUT2D eigenvalue weighted by Crippen LogP contribution is -2.24. The first-order valence-electron chi connectivity index (χ1n) is 10.9. The lowest BCUT2D eigenvalue weighted by atomic mass is 10.2. The number of unbranched alkanes of at least 4 members (excludes halogenated alkanes) is 1. The van der Waals surface area contributed by atoms with E-state index in [2.05, 4.69) is 24.1 Å². The van der Waals surface area contributed by atoms with Crippen LogP contribution in [0.1, 0.15) is 52.0 Å². The van der Waals surface area contributed by atoms with E-state index in [1.165, 1.54) is 18.3 Å². The van der Waals surface area contributed by atoms with Crippen molar-refractivity contribution in [3.05, 3.63) is 30.0 Å². The van der Waals surface area contributed by atoms with Crippen LogP contribution >= 0.6 is 0 Å². The Labute approximate surface area is 197 Å². The van der Waals surface area contributed by atoms with Gasteiger partial charge in [-0.2, -0.15) is 18.4 Å². The third-order valence-corrected chi connectivity index (χ3v) is 5.79. The number of aromatic nitrogens is 2. The molecule has 0 radical (unpaired) electrons. The van der Waals surface area contributed by atoms with Crippen LogP contribution in [0.15, 0.2) is 39.0 Å². The molecule has 0 aliphatic rings. The lowest BCUT2D eigenvalue weighted by molar-refractivity contribution is -0.000950. The van der Waals surface area contributed by atoms with Crippen molar-refractivity contribution in [2.24, 2.45) is 14.6 Å². The summed E-state index contributed by atoms with van der Waals surface area (Å²) in [4.78, 5) is 1.99. The van der Waals surface area contributed by atoms with Gasteiger partial charge in [0.2, 0.25) is 5.82 Å². The van der Waals surface area contributed by atoms with Gasteiger partial charge < -0.3 is 4.90 Å². The molecular formula is C21H28F3N7O2S. The van der Waals surface area contributed by atoms with Crippen molar-refractivity contribution in [1.82, 2.24) is 9.78 Å². The van der Waals surface area contributed by atoms with Gasteiger partial charge in [0, 0.05) is 31.5 Å². The highest BCUT2D eigenvalue weighted by molar-refractivity contribution is 7.89. The number of nitrogens with zero attached hydrogens (tertiary/aromatic N) is 7. The fourth-order valence-corrected chi connectivity index (χ4v) is 3.68. The van der Waals surface area contributed by atoms with Crippen molar-refractivity contribution in [2.45, 2.75) is 58.8 Å². The number of nitriles is 1. The Kier molecular flexibility index (Phi) is 10.5. The summed E-state index contributed by atoms with van der Waals surface area (Å²) in [6.07, 6.45) is 4.97. The number of rotatable bonds is 13. The van der Waals surface area contributed by atoms with Gasteiger partial charge in [0.15, 0.2) is 0 Å². The summed E-state index contributed by atoms with van der Waals surface area (Å²) >= 11 is 0. The monoisotopic (exact) mass is 499 g/mol. The minimum Gasteiger partial charge on any atom is -0.371 e. The van der Waals surface area contributed by atoms with E-state index in [9.17, 15) is 22.8 Å². The zero-order valence-corrected chi connectivity index (χ0v) is 20.1. The van der Waals surface area contributed by atoms with Crippen LogP contribution in [0.4, 0.5) is 36.2 Å². The SMILES string of the molecule is CCCCn1cc(C#N)c(N=Nc2ccc(N(CCC)CCC)cc2N=S(=O)(OF)C(F)F)n1.